The lowest BCUT2D eigenvalue weighted by Crippen LogP contribution is -2.28. The van der Waals surface area contributed by atoms with Crippen molar-refractivity contribution in [2.24, 2.45) is 0 Å². The zero-order valence-corrected chi connectivity index (χ0v) is 14.7. The number of benzene rings is 1. The Morgan fingerprint density at radius 3 is 2.69 bits per heavy atom. The molecule has 0 aliphatic rings. The van der Waals surface area contributed by atoms with Crippen LogP contribution in [0.2, 0.25) is 0 Å². The summed E-state index contributed by atoms with van der Waals surface area (Å²) in [5, 5.41) is 7.72. The SMILES string of the molecule is CC(C)n1ncc2cc(C(=O)OCC(=O)NCc3ccccc3)cnc21. The number of hydrogen-bond acceptors (Lipinski definition) is 5. The van der Waals surface area contributed by atoms with Crippen LogP contribution in [-0.4, -0.2) is 33.2 Å². The van der Waals surface area contributed by atoms with Crippen LogP contribution in [0.25, 0.3) is 11.0 Å². The zero-order chi connectivity index (χ0) is 18.5. The van der Waals surface area contributed by atoms with Crippen LogP contribution in [0.5, 0.6) is 0 Å². The summed E-state index contributed by atoms with van der Waals surface area (Å²) < 4.78 is 6.84. The molecule has 0 fully saturated rings. The highest BCUT2D eigenvalue weighted by molar-refractivity contribution is 5.94. The first-order chi connectivity index (χ1) is 12.5. The molecule has 0 saturated carbocycles. The third-order valence-corrected chi connectivity index (χ3v) is 3.83. The molecule has 3 rings (SSSR count). The third kappa shape index (κ3) is 4.05. The topological polar surface area (TPSA) is 86.1 Å². The van der Waals surface area contributed by atoms with E-state index < -0.39 is 5.97 Å². The minimum atomic E-state index is -0.591. The number of fused-ring (bicyclic) bond motifs is 1. The zero-order valence-electron chi connectivity index (χ0n) is 14.7. The minimum Gasteiger partial charge on any atom is -0.452 e. The first kappa shape index (κ1) is 17.6. The van der Waals surface area contributed by atoms with Gasteiger partial charge in [0.25, 0.3) is 5.91 Å². The van der Waals surface area contributed by atoms with E-state index in [9.17, 15) is 9.59 Å². The second-order valence-corrected chi connectivity index (χ2v) is 6.16. The van der Waals surface area contributed by atoms with Crippen LogP contribution in [0.1, 0.15) is 35.8 Å². The average molecular weight is 352 g/mol. The average Bonchev–Trinajstić information content (AvgIpc) is 3.08. The van der Waals surface area contributed by atoms with Crippen LogP contribution in [0.4, 0.5) is 0 Å². The largest absolute Gasteiger partial charge is 0.452 e. The van der Waals surface area contributed by atoms with Crippen LogP contribution in [0.3, 0.4) is 0 Å². The van der Waals surface area contributed by atoms with E-state index in [0.29, 0.717) is 12.2 Å². The lowest BCUT2D eigenvalue weighted by molar-refractivity contribution is -0.124. The summed E-state index contributed by atoms with van der Waals surface area (Å²) in [5.41, 5.74) is 1.97. The van der Waals surface area contributed by atoms with Crippen molar-refractivity contribution in [1.82, 2.24) is 20.1 Å². The smallest absolute Gasteiger partial charge is 0.340 e. The van der Waals surface area contributed by atoms with Crippen molar-refractivity contribution >= 4 is 22.9 Å². The molecule has 0 bridgehead atoms. The maximum Gasteiger partial charge on any atom is 0.340 e. The monoisotopic (exact) mass is 352 g/mol. The van der Waals surface area contributed by atoms with Gasteiger partial charge in [-0.15, -0.1) is 0 Å². The fourth-order valence-corrected chi connectivity index (χ4v) is 2.49. The molecule has 1 aromatic carbocycles. The lowest BCUT2D eigenvalue weighted by atomic mass is 10.2. The number of esters is 1. The van der Waals surface area contributed by atoms with Gasteiger partial charge in [0, 0.05) is 24.2 Å². The van der Waals surface area contributed by atoms with E-state index in [4.69, 9.17) is 4.74 Å². The molecule has 0 aliphatic heterocycles. The predicted molar refractivity (Wildman–Crippen MR) is 96.5 cm³/mol. The van der Waals surface area contributed by atoms with E-state index in [1.807, 2.05) is 44.2 Å². The molecule has 0 spiro atoms. The Kier molecular flexibility index (Phi) is 5.26. The number of hydrogen-bond donors (Lipinski definition) is 1. The minimum absolute atomic E-state index is 0.172. The van der Waals surface area contributed by atoms with Crippen molar-refractivity contribution in [2.45, 2.75) is 26.4 Å². The number of aromatic nitrogens is 3. The Bertz CT molecular complexity index is 919. The van der Waals surface area contributed by atoms with Crippen molar-refractivity contribution < 1.29 is 14.3 Å². The number of carbonyl (C=O) groups excluding carboxylic acids is 2. The molecule has 0 aliphatic carbocycles. The van der Waals surface area contributed by atoms with Gasteiger partial charge in [0.05, 0.1) is 11.8 Å². The predicted octanol–water partition coefficient (Wildman–Crippen LogP) is 2.49. The second-order valence-electron chi connectivity index (χ2n) is 6.16. The van der Waals surface area contributed by atoms with Gasteiger partial charge in [-0.2, -0.15) is 5.10 Å². The first-order valence-corrected chi connectivity index (χ1v) is 8.35. The summed E-state index contributed by atoms with van der Waals surface area (Å²) in [6.45, 7) is 4.06. The van der Waals surface area contributed by atoms with Crippen molar-refractivity contribution in [1.29, 1.82) is 0 Å². The number of rotatable bonds is 6. The Morgan fingerprint density at radius 1 is 1.19 bits per heavy atom. The maximum atomic E-state index is 12.1. The Hall–Kier alpha value is -3.22. The maximum absolute atomic E-state index is 12.1. The van der Waals surface area contributed by atoms with Gasteiger partial charge < -0.3 is 10.1 Å². The van der Waals surface area contributed by atoms with Crippen LogP contribution in [0.15, 0.2) is 48.8 Å². The second kappa shape index (κ2) is 7.77. The number of carbonyl (C=O) groups is 2. The van der Waals surface area contributed by atoms with Crippen molar-refractivity contribution in [2.75, 3.05) is 6.61 Å². The molecule has 1 amide bonds. The lowest BCUT2D eigenvalue weighted by Gasteiger charge is -2.08. The Balaban J connectivity index is 1.56. The van der Waals surface area contributed by atoms with Crippen molar-refractivity contribution in [3.05, 3.63) is 59.9 Å². The molecule has 2 aromatic heterocycles. The molecule has 7 heteroatoms. The molecule has 0 radical (unpaired) electrons. The van der Waals surface area contributed by atoms with Gasteiger partial charge in [0.15, 0.2) is 12.3 Å². The highest BCUT2D eigenvalue weighted by Crippen LogP contribution is 2.17. The Labute approximate surface area is 151 Å². The molecule has 26 heavy (non-hydrogen) atoms. The third-order valence-electron chi connectivity index (χ3n) is 3.83. The number of amides is 1. The van der Waals surface area contributed by atoms with Gasteiger partial charge in [0.1, 0.15) is 0 Å². The van der Waals surface area contributed by atoms with E-state index in [2.05, 4.69) is 15.4 Å². The van der Waals surface area contributed by atoms with Crippen LogP contribution in [-0.2, 0) is 16.1 Å². The van der Waals surface area contributed by atoms with Gasteiger partial charge in [0.2, 0.25) is 0 Å². The molecule has 0 unspecified atom stereocenters. The van der Waals surface area contributed by atoms with E-state index in [1.54, 1.807) is 16.9 Å². The van der Waals surface area contributed by atoms with E-state index in [-0.39, 0.29) is 24.1 Å². The standard InChI is InChI=1S/C19H20N4O3/c1-13(2)23-18-15(11-22-23)8-16(10-21-18)19(25)26-12-17(24)20-9-14-6-4-3-5-7-14/h3-8,10-11,13H,9,12H2,1-2H3,(H,20,24). The van der Waals surface area contributed by atoms with Crippen LogP contribution >= 0.6 is 0 Å². The summed E-state index contributed by atoms with van der Waals surface area (Å²) in [4.78, 5) is 28.2. The molecular formula is C19H20N4O3. The fourth-order valence-electron chi connectivity index (χ4n) is 2.49. The van der Waals surface area contributed by atoms with Crippen molar-refractivity contribution in [3.8, 4) is 0 Å². The Morgan fingerprint density at radius 2 is 1.96 bits per heavy atom. The van der Waals surface area contributed by atoms with Gasteiger partial charge in [-0.1, -0.05) is 30.3 Å². The van der Waals surface area contributed by atoms with Crippen molar-refractivity contribution in [3.63, 3.8) is 0 Å². The molecule has 3 aromatic rings. The molecule has 2 heterocycles. The molecule has 7 nitrogen and oxygen atoms in total. The molecule has 134 valence electrons. The number of nitrogens with zero attached hydrogens (tertiary/aromatic N) is 3. The summed E-state index contributed by atoms with van der Waals surface area (Å²) in [5.74, 6) is -0.949. The number of pyridine rings is 1. The van der Waals surface area contributed by atoms with E-state index in [1.165, 1.54) is 6.20 Å². The normalized spacial score (nSPS) is 10.9. The highest BCUT2D eigenvalue weighted by atomic mass is 16.5. The highest BCUT2D eigenvalue weighted by Gasteiger charge is 2.14. The molecule has 0 atom stereocenters. The van der Waals surface area contributed by atoms with E-state index >= 15 is 0 Å². The molecular weight excluding hydrogens is 332 g/mol. The number of ether oxygens (including phenoxy) is 1. The first-order valence-electron chi connectivity index (χ1n) is 8.35. The number of nitrogens with one attached hydrogen (secondary N) is 1. The van der Waals surface area contributed by atoms with Crippen LogP contribution < -0.4 is 5.32 Å². The fraction of sp³-hybridized carbons (Fsp3) is 0.263. The summed E-state index contributed by atoms with van der Waals surface area (Å²) >= 11 is 0. The van der Waals surface area contributed by atoms with Gasteiger partial charge >= 0.3 is 5.97 Å². The summed E-state index contributed by atoms with van der Waals surface area (Å²) in [7, 11) is 0. The molecule has 1 N–H and O–H groups in total. The van der Waals surface area contributed by atoms with Gasteiger partial charge in [-0.05, 0) is 25.5 Å². The quantitative estimate of drug-likeness (QED) is 0.689. The summed E-state index contributed by atoms with van der Waals surface area (Å²) in [6, 6.07) is 11.3. The summed E-state index contributed by atoms with van der Waals surface area (Å²) in [6.07, 6.45) is 3.10. The van der Waals surface area contributed by atoms with Gasteiger partial charge in [-0.3, -0.25) is 4.79 Å². The van der Waals surface area contributed by atoms with E-state index in [0.717, 1.165) is 10.9 Å². The molecule has 0 saturated heterocycles. The van der Waals surface area contributed by atoms with Crippen LogP contribution in [0, 0.1) is 0 Å². The van der Waals surface area contributed by atoms with Gasteiger partial charge in [-0.25, -0.2) is 14.5 Å².